The number of rotatable bonds is 8. The summed E-state index contributed by atoms with van der Waals surface area (Å²) in [4.78, 5) is 7.47. The summed E-state index contributed by atoms with van der Waals surface area (Å²) >= 11 is 0. The minimum absolute atomic E-state index is 0. The van der Waals surface area contributed by atoms with Gasteiger partial charge in [-0.3, -0.25) is 9.89 Å². The Morgan fingerprint density at radius 3 is 2.85 bits per heavy atom. The molecule has 2 saturated heterocycles. The first-order valence-electron chi connectivity index (χ1n) is 10.1. The maximum absolute atomic E-state index is 6.05. The molecule has 3 rings (SSSR count). The number of morpholine rings is 1. The topological polar surface area (TPSA) is 58.1 Å². The van der Waals surface area contributed by atoms with Crippen LogP contribution in [0.1, 0.15) is 45.4 Å². The summed E-state index contributed by atoms with van der Waals surface area (Å²) in [5.41, 5.74) is 0.364. The fraction of sp³-hybridized carbons (Fsp3) is 0.947. The van der Waals surface area contributed by atoms with Crippen LogP contribution in [0.3, 0.4) is 0 Å². The Balaban J connectivity index is 0.00000243. The number of methoxy groups -OCH3 is 1. The van der Waals surface area contributed by atoms with E-state index in [1.165, 1.54) is 38.6 Å². The van der Waals surface area contributed by atoms with Crippen molar-refractivity contribution in [3.8, 4) is 0 Å². The van der Waals surface area contributed by atoms with Gasteiger partial charge >= 0.3 is 0 Å². The van der Waals surface area contributed by atoms with E-state index in [4.69, 9.17) is 14.5 Å². The van der Waals surface area contributed by atoms with Crippen LogP contribution in [0.15, 0.2) is 4.99 Å². The van der Waals surface area contributed by atoms with E-state index in [1.54, 1.807) is 7.11 Å². The van der Waals surface area contributed by atoms with E-state index in [1.807, 2.05) is 0 Å². The SMILES string of the molecule is CCNC(=NCC1(CCOC)CCC1)NCC1CN2CCCC2CO1.I. The number of fused-ring (bicyclic) bond motifs is 1. The molecular formula is C19H37IN4O2. The van der Waals surface area contributed by atoms with E-state index in [0.29, 0.717) is 11.5 Å². The van der Waals surface area contributed by atoms with Crippen molar-refractivity contribution in [1.29, 1.82) is 0 Å². The third-order valence-corrected chi connectivity index (χ3v) is 6.13. The number of hydrogen-bond donors (Lipinski definition) is 2. The molecule has 3 aliphatic rings. The molecule has 1 aliphatic carbocycles. The van der Waals surface area contributed by atoms with Gasteiger partial charge in [0.1, 0.15) is 0 Å². The van der Waals surface area contributed by atoms with Crippen molar-refractivity contribution < 1.29 is 9.47 Å². The van der Waals surface area contributed by atoms with Crippen LogP contribution in [-0.2, 0) is 9.47 Å². The molecule has 0 bridgehead atoms. The average molecular weight is 480 g/mol. The lowest BCUT2D eigenvalue weighted by Crippen LogP contribution is -2.51. The van der Waals surface area contributed by atoms with E-state index >= 15 is 0 Å². The number of hydrogen-bond acceptors (Lipinski definition) is 4. The highest BCUT2D eigenvalue weighted by atomic mass is 127. The van der Waals surface area contributed by atoms with Gasteiger partial charge in [-0.1, -0.05) is 6.42 Å². The third kappa shape index (κ3) is 5.94. The zero-order valence-electron chi connectivity index (χ0n) is 16.5. The zero-order chi connectivity index (χ0) is 17.5. The van der Waals surface area contributed by atoms with Crippen molar-refractivity contribution >= 4 is 29.9 Å². The van der Waals surface area contributed by atoms with Gasteiger partial charge in [-0.25, -0.2) is 0 Å². The zero-order valence-corrected chi connectivity index (χ0v) is 18.8. The van der Waals surface area contributed by atoms with Crippen LogP contribution in [0.25, 0.3) is 0 Å². The van der Waals surface area contributed by atoms with Crippen molar-refractivity contribution in [2.75, 3.05) is 53.0 Å². The Morgan fingerprint density at radius 1 is 1.31 bits per heavy atom. The van der Waals surface area contributed by atoms with Crippen molar-refractivity contribution in [1.82, 2.24) is 15.5 Å². The molecule has 0 amide bonds. The van der Waals surface area contributed by atoms with Crippen LogP contribution < -0.4 is 10.6 Å². The molecule has 0 aromatic carbocycles. The highest BCUT2D eigenvalue weighted by Gasteiger charge is 2.36. The summed E-state index contributed by atoms with van der Waals surface area (Å²) in [6.45, 7) is 8.75. The smallest absolute Gasteiger partial charge is 0.191 e. The summed E-state index contributed by atoms with van der Waals surface area (Å²) in [5, 5.41) is 6.89. The Kier molecular flexibility index (Phi) is 9.40. The molecule has 2 heterocycles. The second-order valence-electron chi connectivity index (χ2n) is 7.92. The Morgan fingerprint density at radius 2 is 2.15 bits per heavy atom. The first-order chi connectivity index (χ1) is 12.2. The predicted octanol–water partition coefficient (Wildman–Crippen LogP) is 2.23. The van der Waals surface area contributed by atoms with Gasteiger partial charge in [0.05, 0.1) is 12.7 Å². The molecule has 1 saturated carbocycles. The van der Waals surface area contributed by atoms with Crippen molar-refractivity contribution in [3.63, 3.8) is 0 Å². The molecule has 26 heavy (non-hydrogen) atoms. The minimum Gasteiger partial charge on any atom is -0.385 e. The number of nitrogens with one attached hydrogen (secondary N) is 2. The van der Waals surface area contributed by atoms with E-state index in [0.717, 1.165) is 51.8 Å². The molecular weight excluding hydrogens is 443 g/mol. The van der Waals surface area contributed by atoms with Crippen LogP contribution in [0.5, 0.6) is 0 Å². The average Bonchev–Trinajstić information content (AvgIpc) is 3.06. The molecule has 2 unspecified atom stereocenters. The molecule has 0 radical (unpaired) electrons. The first-order valence-corrected chi connectivity index (χ1v) is 10.1. The second-order valence-corrected chi connectivity index (χ2v) is 7.92. The van der Waals surface area contributed by atoms with Crippen LogP contribution in [0.2, 0.25) is 0 Å². The van der Waals surface area contributed by atoms with E-state index in [2.05, 4.69) is 22.5 Å². The highest BCUT2D eigenvalue weighted by Crippen LogP contribution is 2.44. The lowest BCUT2D eigenvalue weighted by atomic mass is 9.67. The number of ether oxygens (including phenoxy) is 2. The van der Waals surface area contributed by atoms with Gasteiger partial charge in [-0.2, -0.15) is 0 Å². The molecule has 152 valence electrons. The maximum Gasteiger partial charge on any atom is 0.191 e. The molecule has 0 aromatic rings. The predicted molar refractivity (Wildman–Crippen MR) is 117 cm³/mol. The normalized spacial score (nSPS) is 28.0. The Bertz CT molecular complexity index is 445. The standard InChI is InChI=1S/C19H36N4O2.HI/c1-3-20-18(22-15-19(7-5-8-19)9-11-24-2)21-12-17-13-23-10-4-6-16(23)14-25-17;/h16-17H,3-15H2,1-2H3,(H2,20,21,22);1H. The fourth-order valence-corrected chi connectivity index (χ4v) is 4.29. The number of guanidine groups is 1. The molecule has 7 heteroatoms. The molecule has 0 aromatic heterocycles. The first kappa shape index (κ1) is 22.2. The third-order valence-electron chi connectivity index (χ3n) is 6.13. The molecule has 2 atom stereocenters. The molecule has 6 nitrogen and oxygen atoms in total. The molecule has 0 spiro atoms. The van der Waals surface area contributed by atoms with Crippen LogP contribution >= 0.6 is 24.0 Å². The van der Waals surface area contributed by atoms with Crippen LogP contribution in [0.4, 0.5) is 0 Å². The molecule has 3 fully saturated rings. The van der Waals surface area contributed by atoms with Crippen molar-refractivity contribution in [2.45, 2.75) is 57.6 Å². The second kappa shape index (κ2) is 11.0. The van der Waals surface area contributed by atoms with Gasteiger partial charge in [0.2, 0.25) is 0 Å². The van der Waals surface area contributed by atoms with Gasteiger partial charge in [-0.05, 0) is 51.0 Å². The molecule has 2 N–H and O–H groups in total. The number of aliphatic imine (C=N–C) groups is 1. The maximum atomic E-state index is 6.05. The van der Waals surface area contributed by atoms with Gasteiger partial charge < -0.3 is 20.1 Å². The molecule has 2 aliphatic heterocycles. The Labute approximate surface area is 175 Å². The lowest BCUT2D eigenvalue weighted by Gasteiger charge is -2.41. The van der Waals surface area contributed by atoms with Crippen molar-refractivity contribution in [3.05, 3.63) is 0 Å². The van der Waals surface area contributed by atoms with Crippen LogP contribution in [0, 0.1) is 5.41 Å². The largest absolute Gasteiger partial charge is 0.385 e. The summed E-state index contributed by atoms with van der Waals surface area (Å²) in [7, 11) is 1.79. The number of nitrogens with zero attached hydrogens (tertiary/aromatic N) is 2. The van der Waals surface area contributed by atoms with E-state index in [9.17, 15) is 0 Å². The van der Waals surface area contributed by atoms with Gasteiger partial charge in [0.25, 0.3) is 0 Å². The summed E-state index contributed by atoms with van der Waals surface area (Å²) in [6, 6.07) is 0.664. The fourth-order valence-electron chi connectivity index (χ4n) is 4.29. The van der Waals surface area contributed by atoms with Gasteiger partial charge in [0.15, 0.2) is 5.96 Å². The monoisotopic (exact) mass is 480 g/mol. The highest BCUT2D eigenvalue weighted by molar-refractivity contribution is 14.0. The number of halogens is 1. The Hall–Kier alpha value is -0.120. The van der Waals surface area contributed by atoms with Crippen molar-refractivity contribution in [2.24, 2.45) is 10.4 Å². The van der Waals surface area contributed by atoms with E-state index in [-0.39, 0.29) is 30.1 Å². The van der Waals surface area contributed by atoms with E-state index < -0.39 is 0 Å². The van der Waals surface area contributed by atoms with Crippen LogP contribution in [-0.4, -0.2) is 76.1 Å². The van der Waals surface area contributed by atoms with Gasteiger partial charge in [-0.15, -0.1) is 24.0 Å². The summed E-state index contributed by atoms with van der Waals surface area (Å²) < 4.78 is 11.3. The minimum atomic E-state index is 0. The van der Waals surface area contributed by atoms with Gasteiger partial charge in [0, 0.05) is 45.9 Å². The lowest BCUT2D eigenvalue weighted by molar-refractivity contribution is -0.0453. The summed E-state index contributed by atoms with van der Waals surface area (Å²) in [6.07, 6.45) is 7.90. The quantitative estimate of drug-likeness (QED) is 0.317. The summed E-state index contributed by atoms with van der Waals surface area (Å²) in [5.74, 6) is 0.929.